The van der Waals surface area contributed by atoms with E-state index in [4.69, 9.17) is 5.73 Å². The molecule has 0 saturated heterocycles. The molecule has 2 N–H and O–H groups in total. The van der Waals surface area contributed by atoms with Crippen molar-refractivity contribution in [2.75, 3.05) is 0 Å². The maximum atomic E-state index is 13.2. The molecule has 1 heterocycles. The van der Waals surface area contributed by atoms with Crippen molar-refractivity contribution in [2.24, 2.45) is 5.73 Å². The molecule has 0 spiro atoms. The van der Waals surface area contributed by atoms with Crippen LogP contribution < -0.4 is 5.73 Å². The molecule has 2 aromatic rings. The van der Waals surface area contributed by atoms with Crippen molar-refractivity contribution in [2.45, 2.75) is 19.9 Å². The van der Waals surface area contributed by atoms with Crippen LogP contribution in [0.5, 0.6) is 0 Å². The molecule has 0 aliphatic carbocycles. The van der Waals surface area contributed by atoms with E-state index in [1.807, 2.05) is 19.2 Å². The normalized spacial score (nSPS) is 12.8. The number of nitrogens with two attached hydrogens (primary N) is 1. The van der Waals surface area contributed by atoms with Gasteiger partial charge >= 0.3 is 0 Å². The van der Waals surface area contributed by atoms with E-state index in [9.17, 15) is 4.39 Å². The zero-order valence-corrected chi connectivity index (χ0v) is 10.1. The second-order valence-electron chi connectivity index (χ2n) is 3.97. The van der Waals surface area contributed by atoms with Crippen LogP contribution in [0.3, 0.4) is 0 Å². The van der Waals surface area contributed by atoms with E-state index in [1.54, 1.807) is 17.4 Å². The SMILES string of the molecule is Cc1cc(C(N)c2cc(F)ccc2C)cs1. The zero-order valence-electron chi connectivity index (χ0n) is 9.33. The van der Waals surface area contributed by atoms with E-state index in [-0.39, 0.29) is 11.9 Å². The molecular formula is C13H14FNS. The molecule has 3 heteroatoms. The third kappa shape index (κ3) is 2.15. The molecule has 0 bridgehead atoms. The molecule has 0 radical (unpaired) electrons. The first-order chi connectivity index (χ1) is 7.58. The van der Waals surface area contributed by atoms with E-state index < -0.39 is 0 Å². The van der Waals surface area contributed by atoms with Crippen molar-refractivity contribution >= 4 is 11.3 Å². The predicted octanol–water partition coefficient (Wildman–Crippen LogP) is 3.55. The number of rotatable bonds is 2. The highest BCUT2D eigenvalue weighted by Gasteiger charge is 2.13. The smallest absolute Gasteiger partial charge is 0.123 e. The highest BCUT2D eigenvalue weighted by Crippen LogP contribution is 2.26. The Bertz CT molecular complexity index is 504. The van der Waals surface area contributed by atoms with Crippen LogP contribution in [0.15, 0.2) is 29.6 Å². The lowest BCUT2D eigenvalue weighted by molar-refractivity contribution is 0.623. The molecular weight excluding hydrogens is 221 g/mol. The minimum Gasteiger partial charge on any atom is -0.320 e. The molecule has 0 aliphatic rings. The first kappa shape index (κ1) is 11.3. The topological polar surface area (TPSA) is 26.0 Å². The van der Waals surface area contributed by atoms with Crippen molar-refractivity contribution in [1.82, 2.24) is 0 Å². The number of hydrogen-bond acceptors (Lipinski definition) is 2. The number of halogens is 1. The summed E-state index contributed by atoms with van der Waals surface area (Å²) < 4.78 is 13.2. The van der Waals surface area contributed by atoms with E-state index in [1.165, 1.54) is 17.0 Å². The molecule has 0 amide bonds. The van der Waals surface area contributed by atoms with Crippen LogP contribution in [0.2, 0.25) is 0 Å². The van der Waals surface area contributed by atoms with Crippen molar-refractivity contribution in [3.05, 3.63) is 57.0 Å². The monoisotopic (exact) mass is 235 g/mol. The molecule has 1 aromatic heterocycles. The molecule has 1 nitrogen and oxygen atoms in total. The van der Waals surface area contributed by atoms with Gasteiger partial charge in [0.05, 0.1) is 6.04 Å². The zero-order chi connectivity index (χ0) is 11.7. The Labute approximate surface area is 98.7 Å². The lowest BCUT2D eigenvalue weighted by Crippen LogP contribution is -2.12. The standard InChI is InChI=1S/C13H14FNS/c1-8-3-4-11(14)6-12(8)13(15)10-5-9(2)16-7-10/h3-7,13H,15H2,1-2H3. The maximum absolute atomic E-state index is 13.2. The molecule has 2 rings (SSSR count). The first-order valence-corrected chi connectivity index (χ1v) is 6.02. The van der Waals surface area contributed by atoms with Gasteiger partial charge in [-0.1, -0.05) is 6.07 Å². The Morgan fingerprint density at radius 1 is 1.25 bits per heavy atom. The molecule has 1 atom stereocenters. The molecule has 0 saturated carbocycles. The van der Waals surface area contributed by atoms with Crippen LogP contribution in [0.25, 0.3) is 0 Å². The van der Waals surface area contributed by atoms with E-state index in [0.717, 1.165) is 16.7 Å². The summed E-state index contributed by atoms with van der Waals surface area (Å²) in [6.45, 7) is 3.99. The molecule has 1 unspecified atom stereocenters. The van der Waals surface area contributed by atoms with Crippen molar-refractivity contribution in [3.63, 3.8) is 0 Å². The summed E-state index contributed by atoms with van der Waals surface area (Å²) in [6, 6.07) is 6.57. The highest BCUT2D eigenvalue weighted by molar-refractivity contribution is 7.10. The van der Waals surface area contributed by atoms with Gasteiger partial charge in [0.15, 0.2) is 0 Å². The Morgan fingerprint density at radius 3 is 2.62 bits per heavy atom. The van der Waals surface area contributed by atoms with Gasteiger partial charge < -0.3 is 5.73 Å². The van der Waals surface area contributed by atoms with Gasteiger partial charge in [-0.25, -0.2) is 4.39 Å². The Morgan fingerprint density at radius 2 is 2.00 bits per heavy atom. The number of thiophene rings is 1. The lowest BCUT2D eigenvalue weighted by Gasteiger charge is -2.13. The maximum Gasteiger partial charge on any atom is 0.123 e. The molecule has 84 valence electrons. The number of benzene rings is 1. The largest absolute Gasteiger partial charge is 0.320 e. The second kappa shape index (κ2) is 4.36. The van der Waals surface area contributed by atoms with Crippen LogP contribution >= 0.6 is 11.3 Å². The highest BCUT2D eigenvalue weighted by atomic mass is 32.1. The summed E-state index contributed by atoms with van der Waals surface area (Å²) in [5.74, 6) is -0.233. The van der Waals surface area contributed by atoms with Crippen molar-refractivity contribution in [1.29, 1.82) is 0 Å². The fraction of sp³-hybridized carbons (Fsp3) is 0.231. The van der Waals surface area contributed by atoms with Gasteiger partial charge in [0, 0.05) is 4.88 Å². The van der Waals surface area contributed by atoms with Crippen LogP contribution in [0.4, 0.5) is 4.39 Å². The van der Waals surface area contributed by atoms with Crippen LogP contribution in [0.1, 0.15) is 27.6 Å². The van der Waals surface area contributed by atoms with Gasteiger partial charge in [-0.3, -0.25) is 0 Å². The molecule has 1 aromatic carbocycles. The number of hydrogen-bond donors (Lipinski definition) is 1. The summed E-state index contributed by atoms with van der Waals surface area (Å²) in [5, 5.41) is 2.03. The predicted molar refractivity (Wildman–Crippen MR) is 66.2 cm³/mol. The minimum absolute atomic E-state index is 0.233. The average molecular weight is 235 g/mol. The molecule has 16 heavy (non-hydrogen) atoms. The van der Waals surface area contributed by atoms with Crippen molar-refractivity contribution < 1.29 is 4.39 Å². The second-order valence-corrected chi connectivity index (χ2v) is 5.08. The average Bonchev–Trinajstić information content (AvgIpc) is 2.67. The molecule has 0 aliphatic heterocycles. The summed E-state index contributed by atoms with van der Waals surface area (Å²) in [4.78, 5) is 1.22. The van der Waals surface area contributed by atoms with Gasteiger partial charge in [0.2, 0.25) is 0 Å². The van der Waals surface area contributed by atoms with Gasteiger partial charge in [-0.05, 0) is 54.1 Å². The fourth-order valence-corrected chi connectivity index (χ4v) is 2.49. The first-order valence-electron chi connectivity index (χ1n) is 5.14. The quantitative estimate of drug-likeness (QED) is 0.846. The van der Waals surface area contributed by atoms with E-state index >= 15 is 0 Å². The summed E-state index contributed by atoms with van der Waals surface area (Å²) in [5.41, 5.74) is 9.08. The van der Waals surface area contributed by atoms with Gasteiger partial charge in [-0.15, -0.1) is 11.3 Å². The van der Waals surface area contributed by atoms with Gasteiger partial charge in [0.1, 0.15) is 5.82 Å². The Kier molecular flexibility index (Phi) is 3.08. The summed E-state index contributed by atoms with van der Waals surface area (Å²) >= 11 is 1.66. The number of aryl methyl sites for hydroxylation is 2. The summed E-state index contributed by atoms with van der Waals surface area (Å²) in [7, 11) is 0. The Hall–Kier alpha value is -1.19. The third-order valence-corrected chi connectivity index (χ3v) is 3.57. The minimum atomic E-state index is -0.236. The molecule has 0 fully saturated rings. The van der Waals surface area contributed by atoms with Gasteiger partial charge in [0.25, 0.3) is 0 Å². The van der Waals surface area contributed by atoms with Crippen LogP contribution in [-0.2, 0) is 0 Å². The van der Waals surface area contributed by atoms with Crippen LogP contribution in [-0.4, -0.2) is 0 Å². The third-order valence-electron chi connectivity index (χ3n) is 2.69. The van der Waals surface area contributed by atoms with E-state index in [2.05, 4.69) is 6.07 Å². The van der Waals surface area contributed by atoms with Gasteiger partial charge in [-0.2, -0.15) is 0 Å². The Balaban J connectivity index is 2.40. The summed E-state index contributed by atoms with van der Waals surface area (Å²) in [6.07, 6.45) is 0. The lowest BCUT2D eigenvalue weighted by atomic mass is 9.97. The van der Waals surface area contributed by atoms with Crippen molar-refractivity contribution in [3.8, 4) is 0 Å². The van der Waals surface area contributed by atoms with E-state index in [0.29, 0.717) is 0 Å². The fourth-order valence-electron chi connectivity index (χ4n) is 1.75. The van der Waals surface area contributed by atoms with Crippen LogP contribution in [0, 0.1) is 19.7 Å².